The van der Waals surface area contributed by atoms with Gasteiger partial charge < -0.3 is 0 Å². The average Bonchev–Trinajstić information content (AvgIpc) is 2.95. The number of hydrogen-bond acceptors (Lipinski definition) is 3. The SMILES string of the molecule is Cc1nc2ncnn2c(C2CC2)c1C(C)C. The minimum Gasteiger partial charge on any atom is -0.216 e. The third-order valence-corrected chi connectivity index (χ3v) is 3.23. The highest BCUT2D eigenvalue weighted by Gasteiger charge is 2.31. The van der Waals surface area contributed by atoms with E-state index in [0.717, 1.165) is 11.5 Å². The van der Waals surface area contributed by atoms with Gasteiger partial charge in [0.05, 0.1) is 5.69 Å². The van der Waals surface area contributed by atoms with Crippen molar-refractivity contribution in [1.29, 1.82) is 0 Å². The van der Waals surface area contributed by atoms with E-state index in [4.69, 9.17) is 0 Å². The van der Waals surface area contributed by atoms with E-state index in [1.165, 1.54) is 24.1 Å². The van der Waals surface area contributed by atoms with E-state index < -0.39 is 0 Å². The first-order chi connectivity index (χ1) is 7.68. The van der Waals surface area contributed by atoms with Gasteiger partial charge in [-0.15, -0.1) is 0 Å². The summed E-state index contributed by atoms with van der Waals surface area (Å²) in [6.07, 6.45) is 4.15. The zero-order valence-electron chi connectivity index (χ0n) is 9.94. The van der Waals surface area contributed by atoms with E-state index >= 15 is 0 Å². The summed E-state index contributed by atoms with van der Waals surface area (Å²) in [4.78, 5) is 8.71. The normalized spacial score (nSPS) is 16.2. The van der Waals surface area contributed by atoms with Gasteiger partial charge in [-0.1, -0.05) is 13.8 Å². The predicted molar refractivity (Wildman–Crippen MR) is 61.6 cm³/mol. The lowest BCUT2D eigenvalue weighted by atomic mass is 9.97. The van der Waals surface area contributed by atoms with E-state index in [-0.39, 0.29) is 0 Å². The summed E-state index contributed by atoms with van der Waals surface area (Å²) in [6.45, 7) is 6.52. The molecule has 1 aliphatic carbocycles. The first kappa shape index (κ1) is 9.75. The molecule has 84 valence electrons. The average molecular weight is 216 g/mol. The van der Waals surface area contributed by atoms with Gasteiger partial charge in [-0.25, -0.2) is 9.50 Å². The van der Waals surface area contributed by atoms with Crippen LogP contribution in [0.5, 0.6) is 0 Å². The quantitative estimate of drug-likeness (QED) is 0.774. The van der Waals surface area contributed by atoms with Crippen LogP contribution in [0.2, 0.25) is 0 Å². The third kappa shape index (κ3) is 1.32. The van der Waals surface area contributed by atoms with E-state index in [0.29, 0.717) is 11.8 Å². The van der Waals surface area contributed by atoms with Crippen molar-refractivity contribution in [2.45, 2.75) is 45.4 Å². The Labute approximate surface area is 94.7 Å². The van der Waals surface area contributed by atoms with Gasteiger partial charge in [0.15, 0.2) is 0 Å². The molecule has 3 rings (SSSR count). The molecule has 4 nitrogen and oxygen atoms in total. The van der Waals surface area contributed by atoms with Crippen LogP contribution in [0.25, 0.3) is 5.78 Å². The van der Waals surface area contributed by atoms with Gasteiger partial charge in [0.25, 0.3) is 5.78 Å². The van der Waals surface area contributed by atoms with Gasteiger partial charge >= 0.3 is 0 Å². The Morgan fingerprint density at radius 3 is 2.75 bits per heavy atom. The number of hydrogen-bond donors (Lipinski definition) is 0. The Balaban J connectivity index is 2.36. The number of aromatic nitrogens is 4. The highest BCUT2D eigenvalue weighted by atomic mass is 15.3. The number of rotatable bonds is 2. The summed E-state index contributed by atoms with van der Waals surface area (Å²) in [5, 5.41) is 4.31. The zero-order chi connectivity index (χ0) is 11.3. The lowest BCUT2D eigenvalue weighted by molar-refractivity contribution is 0.749. The van der Waals surface area contributed by atoms with Crippen molar-refractivity contribution in [2.75, 3.05) is 0 Å². The zero-order valence-corrected chi connectivity index (χ0v) is 9.94. The molecule has 16 heavy (non-hydrogen) atoms. The fourth-order valence-electron chi connectivity index (χ4n) is 2.45. The maximum atomic E-state index is 4.52. The van der Waals surface area contributed by atoms with Gasteiger partial charge in [-0.05, 0) is 31.2 Å². The van der Waals surface area contributed by atoms with Crippen molar-refractivity contribution < 1.29 is 0 Å². The Bertz CT molecular complexity index is 537. The molecule has 0 spiro atoms. The van der Waals surface area contributed by atoms with Crippen molar-refractivity contribution >= 4 is 5.78 Å². The number of nitrogens with zero attached hydrogens (tertiary/aromatic N) is 4. The molecule has 0 atom stereocenters. The van der Waals surface area contributed by atoms with Crippen LogP contribution >= 0.6 is 0 Å². The second kappa shape index (κ2) is 3.27. The van der Waals surface area contributed by atoms with Crippen LogP contribution in [-0.4, -0.2) is 19.6 Å². The molecular formula is C12H16N4. The maximum absolute atomic E-state index is 4.52. The molecule has 2 aromatic rings. The molecule has 0 aromatic carbocycles. The van der Waals surface area contributed by atoms with E-state index in [9.17, 15) is 0 Å². The Morgan fingerprint density at radius 1 is 1.38 bits per heavy atom. The molecule has 0 saturated heterocycles. The molecule has 2 heterocycles. The summed E-state index contributed by atoms with van der Waals surface area (Å²) >= 11 is 0. The lowest BCUT2D eigenvalue weighted by Crippen LogP contribution is -2.09. The smallest absolute Gasteiger partial charge is 0.216 e. The summed E-state index contributed by atoms with van der Waals surface area (Å²) in [5.74, 6) is 1.91. The molecule has 1 saturated carbocycles. The molecule has 1 fully saturated rings. The monoisotopic (exact) mass is 216 g/mol. The van der Waals surface area contributed by atoms with Crippen LogP contribution in [0, 0.1) is 6.92 Å². The second-order valence-electron chi connectivity index (χ2n) is 4.90. The molecule has 0 radical (unpaired) electrons. The highest BCUT2D eigenvalue weighted by Crippen LogP contribution is 2.43. The summed E-state index contributed by atoms with van der Waals surface area (Å²) in [6, 6.07) is 0. The van der Waals surface area contributed by atoms with E-state index in [1.54, 1.807) is 6.33 Å². The first-order valence-corrected chi connectivity index (χ1v) is 5.88. The van der Waals surface area contributed by atoms with Crippen molar-refractivity contribution in [3.63, 3.8) is 0 Å². The molecule has 1 aliphatic rings. The molecule has 0 N–H and O–H groups in total. The van der Waals surface area contributed by atoms with Crippen LogP contribution in [0.4, 0.5) is 0 Å². The standard InChI is InChI=1S/C12H16N4/c1-7(2)10-8(3)15-12-13-6-14-16(12)11(10)9-4-5-9/h6-7,9H,4-5H2,1-3H3. The van der Waals surface area contributed by atoms with E-state index in [2.05, 4.69) is 35.8 Å². The Hall–Kier alpha value is -1.45. The summed E-state index contributed by atoms with van der Waals surface area (Å²) in [7, 11) is 0. The van der Waals surface area contributed by atoms with Gasteiger partial charge in [0, 0.05) is 11.6 Å². The number of aryl methyl sites for hydroxylation is 1. The third-order valence-electron chi connectivity index (χ3n) is 3.23. The van der Waals surface area contributed by atoms with Gasteiger partial charge in [-0.3, -0.25) is 0 Å². The fourth-order valence-corrected chi connectivity index (χ4v) is 2.45. The molecular weight excluding hydrogens is 200 g/mol. The van der Waals surface area contributed by atoms with Crippen LogP contribution in [-0.2, 0) is 0 Å². The summed E-state index contributed by atoms with van der Waals surface area (Å²) in [5.41, 5.74) is 3.81. The molecule has 4 heteroatoms. The minimum absolute atomic E-state index is 0.497. The van der Waals surface area contributed by atoms with Crippen LogP contribution in [0.3, 0.4) is 0 Å². The molecule has 0 amide bonds. The fraction of sp³-hybridized carbons (Fsp3) is 0.583. The number of fused-ring (bicyclic) bond motifs is 1. The summed E-state index contributed by atoms with van der Waals surface area (Å²) < 4.78 is 1.93. The van der Waals surface area contributed by atoms with Crippen molar-refractivity contribution in [3.05, 3.63) is 23.3 Å². The minimum atomic E-state index is 0.497. The Kier molecular flexibility index (Phi) is 1.99. The van der Waals surface area contributed by atoms with Crippen molar-refractivity contribution in [2.24, 2.45) is 0 Å². The van der Waals surface area contributed by atoms with Crippen LogP contribution in [0.1, 0.15) is 55.5 Å². The maximum Gasteiger partial charge on any atom is 0.252 e. The largest absolute Gasteiger partial charge is 0.252 e. The van der Waals surface area contributed by atoms with Gasteiger partial charge in [-0.2, -0.15) is 10.1 Å². The first-order valence-electron chi connectivity index (χ1n) is 5.88. The van der Waals surface area contributed by atoms with Crippen LogP contribution < -0.4 is 0 Å². The second-order valence-corrected chi connectivity index (χ2v) is 4.90. The lowest BCUT2D eigenvalue weighted by Gasteiger charge is -2.15. The van der Waals surface area contributed by atoms with E-state index in [1.807, 2.05) is 4.52 Å². The molecule has 0 aliphatic heterocycles. The highest BCUT2D eigenvalue weighted by molar-refractivity contribution is 5.41. The van der Waals surface area contributed by atoms with Crippen LogP contribution in [0.15, 0.2) is 6.33 Å². The molecule has 2 aromatic heterocycles. The molecule has 0 unspecified atom stereocenters. The molecule has 0 bridgehead atoms. The Morgan fingerprint density at radius 2 is 2.12 bits per heavy atom. The van der Waals surface area contributed by atoms with Crippen molar-refractivity contribution in [3.8, 4) is 0 Å². The van der Waals surface area contributed by atoms with Gasteiger partial charge in [0.1, 0.15) is 6.33 Å². The van der Waals surface area contributed by atoms with Crippen molar-refractivity contribution in [1.82, 2.24) is 19.6 Å². The predicted octanol–water partition coefficient (Wildman–Crippen LogP) is 2.43. The van der Waals surface area contributed by atoms with Gasteiger partial charge in [0.2, 0.25) is 0 Å². The topological polar surface area (TPSA) is 43.1 Å².